The Kier molecular flexibility index (Phi) is 5.29. The lowest BCUT2D eigenvalue weighted by Gasteiger charge is -2.09. The molecule has 0 bridgehead atoms. The zero-order valence-corrected chi connectivity index (χ0v) is 12.0. The van der Waals surface area contributed by atoms with Gasteiger partial charge in [0.15, 0.2) is 5.84 Å². The van der Waals surface area contributed by atoms with E-state index >= 15 is 0 Å². The number of anilines is 1. The first-order valence-corrected chi connectivity index (χ1v) is 6.77. The molecule has 5 nitrogen and oxygen atoms in total. The van der Waals surface area contributed by atoms with Crippen molar-refractivity contribution in [3.8, 4) is 5.75 Å². The Morgan fingerprint density at radius 2 is 2.00 bits per heavy atom. The van der Waals surface area contributed by atoms with Gasteiger partial charge in [0.2, 0.25) is 0 Å². The predicted octanol–water partition coefficient (Wildman–Crippen LogP) is 2.93. The molecular weight excluding hydrogens is 290 g/mol. The average Bonchev–Trinajstić information content (AvgIpc) is 2.51. The van der Waals surface area contributed by atoms with E-state index in [4.69, 9.17) is 27.3 Å². The van der Waals surface area contributed by atoms with Crippen LogP contribution in [-0.4, -0.2) is 24.2 Å². The quantitative estimate of drug-likeness (QED) is 0.252. The van der Waals surface area contributed by atoms with Crippen molar-refractivity contribution in [2.45, 2.75) is 0 Å². The summed E-state index contributed by atoms with van der Waals surface area (Å²) in [6, 6.07) is 14.5. The minimum Gasteiger partial charge on any atom is -0.492 e. The van der Waals surface area contributed by atoms with Crippen LogP contribution in [0.25, 0.3) is 0 Å². The molecule has 21 heavy (non-hydrogen) atoms. The summed E-state index contributed by atoms with van der Waals surface area (Å²) in [5.74, 6) is 0.793. The topological polar surface area (TPSA) is 79.9 Å². The molecule has 0 spiro atoms. The van der Waals surface area contributed by atoms with Crippen LogP contribution in [0.15, 0.2) is 53.7 Å². The molecular formula is C15H16ClN3O2. The third-order valence-corrected chi connectivity index (χ3v) is 3.02. The zero-order chi connectivity index (χ0) is 15.1. The van der Waals surface area contributed by atoms with Gasteiger partial charge in [-0.05, 0) is 42.5 Å². The molecule has 2 aromatic rings. The van der Waals surface area contributed by atoms with Crippen molar-refractivity contribution in [3.63, 3.8) is 0 Å². The van der Waals surface area contributed by atoms with Gasteiger partial charge in [0.05, 0.1) is 0 Å². The number of hydrogen-bond donors (Lipinski definition) is 3. The molecule has 0 aliphatic heterocycles. The van der Waals surface area contributed by atoms with Crippen molar-refractivity contribution in [3.05, 3.63) is 59.1 Å². The van der Waals surface area contributed by atoms with Crippen LogP contribution in [-0.2, 0) is 0 Å². The number of oxime groups is 1. The summed E-state index contributed by atoms with van der Waals surface area (Å²) in [6.07, 6.45) is 0. The van der Waals surface area contributed by atoms with Gasteiger partial charge >= 0.3 is 0 Å². The molecule has 4 N–H and O–H groups in total. The molecule has 6 heteroatoms. The number of nitrogens with two attached hydrogens (primary N) is 1. The molecule has 0 aromatic heterocycles. The first kappa shape index (κ1) is 15.0. The Bertz CT molecular complexity index is 615. The van der Waals surface area contributed by atoms with Gasteiger partial charge in [-0.2, -0.15) is 0 Å². The molecule has 0 heterocycles. The molecule has 0 aliphatic carbocycles. The van der Waals surface area contributed by atoms with Crippen molar-refractivity contribution >= 4 is 23.1 Å². The Labute approximate surface area is 128 Å². The lowest BCUT2D eigenvalue weighted by Crippen LogP contribution is -2.13. The molecule has 2 aromatic carbocycles. The molecule has 0 amide bonds. The Balaban J connectivity index is 1.78. The summed E-state index contributed by atoms with van der Waals surface area (Å²) < 4.78 is 5.59. The Morgan fingerprint density at radius 1 is 1.24 bits per heavy atom. The van der Waals surface area contributed by atoms with E-state index < -0.39 is 0 Å². The van der Waals surface area contributed by atoms with Crippen molar-refractivity contribution < 1.29 is 9.94 Å². The molecule has 2 rings (SSSR count). The van der Waals surface area contributed by atoms with Crippen LogP contribution in [0.2, 0.25) is 5.02 Å². The van der Waals surface area contributed by atoms with Gasteiger partial charge in [-0.1, -0.05) is 22.8 Å². The predicted molar refractivity (Wildman–Crippen MR) is 84.4 cm³/mol. The van der Waals surface area contributed by atoms with Crippen molar-refractivity contribution in [2.24, 2.45) is 10.9 Å². The fourth-order valence-electron chi connectivity index (χ4n) is 1.74. The van der Waals surface area contributed by atoms with E-state index in [0.29, 0.717) is 23.7 Å². The number of amidine groups is 1. The third kappa shape index (κ3) is 4.57. The maximum atomic E-state index is 8.57. The minimum absolute atomic E-state index is 0.0733. The monoisotopic (exact) mass is 305 g/mol. The number of nitrogens with zero attached hydrogens (tertiary/aromatic N) is 1. The summed E-state index contributed by atoms with van der Waals surface area (Å²) in [5, 5.41) is 15.4. The first-order chi connectivity index (χ1) is 10.2. The maximum absolute atomic E-state index is 8.57. The van der Waals surface area contributed by atoms with E-state index in [-0.39, 0.29) is 5.84 Å². The standard InChI is InChI=1S/C15H16ClN3O2/c16-12-2-1-3-13(10-12)18-8-9-21-14-6-4-11(5-7-14)15(17)19-20/h1-7,10,18,20H,8-9H2,(H2,17,19). The second-order valence-corrected chi connectivity index (χ2v) is 4.73. The van der Waals surface area contributed by atoms with Gasteiger partial charge in [-0.3, -0.25) is 0 Å². The van der Waals surface area contributed by atoms with Gasteiger partial charge in [0.25, 0.3) is 0 Å². The molecule has 0 atom stereocenters. The highest BCUT2D eigenvalue weighted by molar-refractivity contribution is 6.30. The largest absolute Gasteiger partial charge is 0.492 e. The smallest absolute Gasteiger partial charge is 0.170 e. The maximum Gasteiger partial charge on any atom is 0.170 e. The number of ether oxygens (including phenoxy) is 1. The van der Waals surface area contributed by atoms with Crippen LogP contribution in [0.4, 0.5) is 5.69 Å². The fourth-order valence-corrected chi connectivity index (χ4v) is 1.93. The number of halogens is 1. The Hall–Kier alpha value is -2.40. The summed E-state index contributed by atoms with van der Waals surface area (Å²) in [5.41, 5.74) is 7.07. The fraction of sp³-hybridized carbons (Fsp3) is 0.133. The molecule has 0 aliphatic rings. The van der Waals surface area contributed by atoms with E-state index in [2.05, 4.69) is 10.5 Å². The van der Waals surface area contributed by atoms with Crippen LogP contribution in [0.3, 0.4) is 0 Å². The van der Waals surface area contributed by atoms with E-state index in [1.54, 1.807) is 24.3 Å². The molecule has 110 valence electrons. The summed E-state index contributed by atoms with van der Waals surface area (Å²) in [6.45, 7) is 1.16. The van der Waals surface area contributed by atoms with Gasteiger partial charge in [-0.15, -0.1) is 0 Å². The minimum atomic E-state index is 0.0733. The van der Waals surface area contributed by atoms with Crippen molar-refractivity contribution in [2.75, 3.05) is 18.5 Å². The van der Waals surface area contributed by atoms with Crippen molar-refractivity contribution in [1.82, 2.24) is 0 Å². The van der Waals surface area contributed by atoms with Crippen molar-refractivity contribution in [1.29, 1.82) is 0 Å². The summed E-state index contributed by atoms with van der Waals surface area (Å²) in [7, 11) is 0. The van der Waals surface area contributed by atoms with E-state index in [1.165, 1.54) is 0 Å². The highest BCUT2D eigenvalue weighted by Crippen LogP contribution is 2.15. The van der Waals surface area contributed by atoms with Crippen LogP contribution >= 0.6 is 11.6 Å². The van der Waals surface area contributed by atoms with Gasteiger partial charge in [0.1, 0.15) is 12.4 Å². The third-order valence-electron chi connectivity index (χ3n) is 2.78. The molecule has 0 fully saturated rings. The summed E-state index contributed by atoms with van der Waals surface area (Å²) >= 11 is 5.90. The van der Waals surface area contributed by atoms with Gasteiger partial charge in [0, 0.05) is 22.8 Å². The highest BCUT2D eigenvalue weighted by Gasteiger charge is 2.00. The number of nitrogens with one attached hydrogen (secondary N) is 1. The van der Waals surface area contributed by atoms with Gasteiger partial charge < -0.3 is 21.0 Å². The lowest BCUT2D eigenvalue weighted by atomic mass is 10.2. The lowest BCUT2D eigenvalue weighted by molar-refractivity contribution is 0.318. The zero-order valence-electron chi connectivity index (χ0n) is 11.3. The molecule has 0 saturated heterocycles. The van der Waals surface area contributed by atoms with Gasteiger partial charge in [-0.25, -0.2) is 0 Å². The SMILES string of the molecule is NC(=NO)c1ccc(OCCNc2cccc(Cl)c2)cc1. The average molecular weight is 306 g/mol. The Morgan fingerprint density at radius 3 is 2.67 bits per heavy atom. The molecule has 0 saturated carbocycles. The van der Waals surface area contributed by atoms with Crippen LogP contribution in [0.5, 0.6) is 5.75 Å². The van der Waals surface area contributed by atoms with E-state index in [0.717, 1.165) is 11.4 Å². The highest BCUT2D eigenvalue weighted by atomic mass is 35.5. The van der Waals surface area contributed by atoms with Crippen LogP contribution < -0.4 is 15.8 Å². The number of hydrogen-bond acceptors (Lipinski definition) is 4. The number of rotatable bonds is 6. The molecule has 0 radical (unpaired) electrons. The second kappa shape index (κ2) is 7.40. The molecule has 0 unspecified atom stereocenters. The number of benzene rings is 2. The normalized spacial score (nSPS) is 11.2. The first-order valence-electron chi connectivity index (χ1n) is 6.39. The van der Waals surface area contributed by atoms with E-state index in [9.17, 15) is 0 Å². The summed E-state index contributed by atoms with van der Waals surface area (Å²) in [4.78, 5) is 0. The second-order valence-electron chi connectivity index (χ2n) is 4.30. The van der Waals surface area contributed by atoms with E-state index in [1.807, 2.05) is 24.3 Å². The van der Waals surface area contributed by atoms with Crippen LogP contribution in [0, 0.1) is 0 Å². The van der Waals surface area contributed by atoms with Crippen LogP contribution in [0.1, 0.15) is 5.56 Å².